The molecule has 1 N–H and O–H groups in total. The van der Waals surface area contributed by atoms with E-state index in [1.165, 1.54) is 0 Å². The molecule has 0 fully saturated rings. The first kappa shape index (κ1) is 23.8. The number of nitrogens with zero attached hydrogens (tertiary/aromatic N) is 2. The second-order valence-electron chi connectivity index (χ2n) is 8.91. The molecule has 0 saturated carbocycles. The van der Waals surface area contributed by atoms with Crippen molar-refractivity contribution >= 4 is 11.6 Å². The van der Waals surface area contributed by atoms with Crippen LogP contribution in [0.25, 0.3) is 0 Å². The van der Waals surface area contributed by atoms with Crippen LogP contribution in [0.1, 0.15) is 17.5 Å². The fourth-order valence-electron chi connectivity index (χ4n) is 4.51. The first-order chi connectivity index (χ1) is 17.6. The third-order valence-electron chi connectivity index (χ3n) is 6.37. The van der Waals surface area contributed by atoms with Crippen LogP contribution in [0.4, 0.5) is 5.69 Å². The highest BCUT2D eigenvalue weighted by Crippen LogP contribution is 2.40. The highest BCUT2D eigenvalue weighted by molar-refractivity contribution is 5.78. The number of rotatable bonds is 8. The number of aliphatic hydroxyl groups excluding tert-OH is 1. The number of hydrogen-bond donors (Lipinski definition) is 1. The minimum atomic E-state index is -0.764. The summed E-state index contributed by atoms with van der Waals surface area (Å²) in [6.45, 7) is 2.05. The van der Waals surface area contributed by atoms with Gasteiger partial charge in [-0.3, -0.25) is 4.79 Å². The van der Waals surface area contributed by atoms with Crippen molar-refractivity contribution in [3.05, 3.63) is 77.9 Å². The molecule has 0 aromatic heterocycles. The molecule has 36 heavy (non-hydrogen) atoms. The van der Waals surface area contributed by atoms with E-state index in [0.717, 1.165) is 22.6 Å². The average Bonchev–Trinajstić information content (AvgIpc) is 3.36. The number of hydrogen-bond acceptors (Lipinski definition) is 7. The maximum absolute atomic E-state index is 13.2. The Kier molecular flexibility index (Phi) is 7.13. The molecule has 2 heterocycles. The van der Waals surface area contributed by atoms with E-state index in [9.17, 15) is 9.90 Å². The Bertz CT molecular complexity index is 1180. The zero-order valence-corrected chi connectivity index (χ0v) is 20.3. The number of aliphatic hydroxyl groups is 1. The van der Waals surface area contributed by atoms with Gasteiger partial charge in [0.1, 0.15) is 24.2 Å². The van der Waals surface area contributed by atoms with Gasteiger partial charge in [-0.1, -0.05) is 30.3 Å². The minimum Gasteiger partial charge on any atom is -0.497 e. The standard InChI is InChI=1S/C28H30N2O6/c1-33-23-7-9-24(10-8-23)34-18-22(31)17-29-12-11-28(32)30(15-20-5-3-2-4-6-20)16-21-13-26-27(14-25(21)29)36-19-35-26/h2-10,13-14,22,31H,11-12,15-19H2,1H3. The molecule has 3 aromatic rings. The normalized spacial score (nSPS) is 15.7. The monoisotopic (exact) mass is 490 g/mol. The largest absolute Gasteiger partial charge is 0.497 e. The fourth-order valence-corrected chi connectivity index (χ4v) is 4.51. The van der Waals surface area contributed by atoms with Crippen LogP contribution in [-0.2, 0) is 17.9 Å². The summed E-state index contributed by atoms with van der Waals surface area (Å²) in [5.41, 5.74) is 2.96. The summed E-state index contributed by atoms with van der Waals surface area (Å²) in [7, 11) is 1.61. The SMILES string of the molecule is COc1ccc(OCC(O)CN2CCC(=O)N(Cc3ccccc3)Cc3cc4c(cc32)OCO4)cc1. The molecule has 0 aliphatic carbocycles. The van der Waals surface area contributed by atoms with Crippen molar-refractivity contribution in [1.29, 1.82) is 0 Å². The van der Waals surface area contributed by atoms with Crippen molar-refractivity contribution in [1.82, 2.24) is 4.90 Å². The maximum atomic E-state index is 13.2. The van der Waals surface area contributed by atoms with Gasteiger partial charge in [-0.25, -0.2) is 0 Å². The number of carbonyl (C=O) groups excluding carboxylic acids is 1. The molecule has 2 aliphatic rings. The van der Waals surface area contributed by atoms with Gasteiger partial charge in [0, 0.05) is 44.4 Å². The lowest BCUT2D eigenvalue weighted by molar-refractivity contribution is -0.132. The number of carbonyl (C=O) groups is 1. The van der Waals surface area contributed by atoms with Gasteiger partial charge in [0.15, 0.2) is 11.5 Å². The Balaban J connectivity index is 1.33. The van der Waals surface area contributed by atoms with Gasteiger partial charge in [-0.2, -0.15) is 0 Å². The van der Waals surface area contributed by atoms with Crippen molar-refractivity contribution in [3.8, 4) is 23.0 Å². The fraction of sp³-hybridized carbons (Fsp3) is 0.321. The Hall–Kier alpha value is -3.91. The molecule has 0 saturated heterocycles. The summed E-state index contributed by atoms with van der Waals surface area (Å²) in [5, 5.41) is 10.8. The molecular formula is C28H30N2O6. The van der Waals surface area contributed by atoms with Crippen molar-refractivity contribution in [2.45, 2.75) is 25.6 Å². The van der Waals surface area contributed by atoms with Gasteiger partial charge in [-0.15, -0.1) is 0 Å². The molecule has 8 nitrogen and oxygen atoms in total. The third kappa shape index (κ3) is 5.49. The van der Waals surface area contributed by atoms with Crippen LogP contribution in [0.5, 0.6) is 23.0 Å². The van der Waals surface area contributed by atoms with Crippen LogP contribution in [0.3, 0.4) is 0 Å². The highest BCUT2D eigenvalue weighted by Gasteiger charge is 2.27. The molecule has 0 spiro atoms. The lowest BCUT2D eigenvalue weighted by Crippen LogP contribution is -2.41. The zero-order chi connectivity index (χ0) is 24.9. The van der Waals surface area contributed by atoms with Gasteiger partial charge in [-0.05, 0) is 41.5 Å². The molecule has 3 aromatic carbocycles. The summed E-state index contributed by atoms with van der Waals surface area (Å²) in [5.74, 6) is 2.80. The number of ether oxygens (including phenoxy) is 4. The molecule has 1 atom stereocenters. The molecular weight excluding hydrogens is 460 g/mol. The van der Waals surface area contributed by atoms with Crippen LogP contribution >= 0.6 is 0 Å². The second kappa shape index (κ2) is 10.8. The predicted molar refractivity (Wildman–Crippen MR) is 135 cm³/mol. The maximum Gasteiger partial charge on any atom is 0.231 e. The minimum absolute atomic E-state index is 0.0659. The summed E-state index contributed by atoms with van der Waals surface area (Å²) >= 11 is 0. The first-order valence-electron chi connectivity index (χ1n) is 12.0. The molecule has 188 valence electrons. The molecule has 0 bridgehead atoms. The van der Waals surface area contributed by atoms with Crippen LogP contribution < -0.4 is 23.8 Å². The lowest BCUT2D eigenvalue weighted by Gasteiger charge is -2.34. The molecule has 1 unspecified atom stereocenters. The van der Waals surface area contributed by atoms with Gasteiger partial charge >= 0.3 is 0 Å². The van der Waals surface area contributed by atoms with Crippen molar-refractivity contribution in [3.63, 3.8) is 0 Å². The molecule has 8 heteroatoms. The van der Waals surface area contributed by atoms with Gasteiger partial charge < -0.3 is 33.9 Å². The molecule has 5 rings (SSSR count). The number of amides is 1. The summed E-state index contributed by atoms with van der Waals surface area (Å²) in [4.78, 5) is 17.1. The average molecular weight is 491 g/mol. The number of anilines is 1. The number of methoxy groups -OCH3 is 1. The van der Waals surface area contributed by atoms with Gasteiger partial charge in [0.2, 0.25) is 12.7 Å². The molecule has 1 amide bonds. The van der Waals surface area contributed by atoms with E-state index in [4.69, 9.17) is 18.9 Å². The first-order valence-corrected chi connectivity index (χ1v) is 12.0. The Labute approximate surface area is 210 Å². The highest BCUT2D eigenvalue weighted by atomic mass is 16.7. The van der Waals surface area contributed by atoms with Gasteiger partial charge in [0.25, 0.3) is 0 Å². The smallest absolute Gasteiger partial charge is 0.231 e. The molecule has 0 radical (unpaired) electrons. The van der Waals surface area contributed by atoms with E-state index in [1.807, 2.05) is 64.4 Å². The summed E-state index contributed by atoms with van der Waals surface area (Å²) < 4.78 is 22.2. The number of fused-ring (bicyclic) bond motifs is 2. The Morgan fingerprint density at radius 3 is 2.44 bits per heavy atom. The number of benzene rings is 3. The van der Waals surface area contributed by atoms with E-state index in [0.29, 0.717) is 49.8 Å². The second-order valence-corrected chi connectivity index (χ2v) is 8.91. The van der Waals surface area contributed by atoms with E-state index >= 15 is 0 Å². The van der Waals surface area contributed by atoms with Crippen molar-refractivity contribution < 1.29 is 28.8 Å². The zero-order valence-electron chi connectivity index (χ0n) is 20.3. The summed E-state index contributed by atoms with van der Waals surface area (Å²) in [6, 6.07) is 21.1. The van der Waals surface area contributed by atoms with Crippen LogP contribution in [0.2, 0.25) is 0 Å². The van der Waals surface area contributed by atoms with Crippen molar-refractivity contribution in [2.75, 3.05) is 38.5 Å². The van der Waals surface area contributed by atoms with E-state index in [-0.39, 0.29) is 19.3 Å². The van der Waals surface area contributed by atoms with E-state index in [1.54, 1.807) is 19.2 Å². The van der Waals surface area contributed by atoms with Crippen LogP contribution in [0.15, 0.2) is 66.7 Å². The Morgan fingerprint density at radius 2 is 1.69 bits per heavy atom. The molecule has 2 aliphatic heterocycles. The van der Waals surface area contributed by atoms with E-state index in [2.05, 4.69) is 0 Å². The Morgan fingerprint density at radius 1 is 0.972 bits per heavy atom. The predicted octanol–water partition coefficient (Wildman–Crippen LogP) is 3.60. The van der Waals surface area contributed by atoms with Crippen molar-refractivity contribution in [2.24, 2.45) is 0 Å². The van der Waals surface area contributed by atoms with Crippen LogP contribution in [0, 0.1) is 0 Å². The lowest BCUT2D eigenvalue weighted by atomic mass is 10.1. The van der Waals surface area contributed by atoms with E-state index < -0.39 is 6.10 Å². The third-order valence-corrected chi connectivity index (χ3v) is 6.37. The quantitative estimate of drug-likeness (QED) is 0.517. The topological polar surface area (TPSA) is 80.7 Å². The van der Waals surface area contributed by atoms with Gasteiger partial charge in [0.05, 0.1) is 7.11 Å². The van der Waals surface area contributed by atoms with Crippen LogP contribution in [-0.4, -0.2) is 55.6 Å². The summed E-state index contributed by atoms with van der Waals surface area (Å²) in [6.07, 6.45) is -0.424. The number of β-amino-alcohol motifs (C(OH)–C–C–N with tert-alkyl or cyclic N) is 1.